The van der Waals surface area contributed by atoms with Crippen molar-refractivity contribution in [1.82, 2.24) is 5.32 Å². The number of amides is 1. The third-order valence-corrected chi connectivity index (χ3v) is 2.36. The normalized spacial score (nSPS) is 10.5. The van der Waals surface area contributed by atoms with Gasteiger partial charge in [0.05, 0.1) is 6.61 Å². The Balaban J connectivity index is 2.16. The molecule has 0 aliphatic heterocycles. The summed E-state index contributed by atoms with van der Waals surface area (Å²) >= 11 is 5.45. The van der Waals surface area contributed by atoms with E-state index in [0.29, 0.717) is 31.4 Å². The molecule has 4 nitrogen and oxygen atoms in total. The number of aryl methyl sites for hydroxylation is 1. The quantitative estimate of drug-likeness (QED) is 0.575. The number of carbonyl (C=O) groups is 1. The molecule has 1 heterocycles. The number of hydrogen-bond acceptors (Lipinski definition) is 3. The van der Waals surface area contributed by atoms with Crippen LogP contribution in [0.25, 0.3) is 0 Å². The molecule has 1 amide bonds. The second-order valence-corrected chi connectivity index (χ2v) is 3.91. The molecule has 0 unspecified atom stereocenters. The number of alkyl halides is 1. The summed E-state index contributed by atoms with van der Waals surface area (Å²) in [7, 11) is 0. The molecule has 1 rings (SSSR count). The summed E-state index contributed by atoms with van der Waals surface area (Å²) in [6.07, 6.45) is 1.56. The van der Waals surface area contributed by atoms with Gasteiger partial charge in [-0.3, -0.25) is 4.79 Å². The minimum Gasteiger partial charge on any atom is -0.456 e. The zero-order valence-electron chi connectivity index (χ0n) is 10.0. The van der Waals surface area contributed by atoms with Gasteiger partial charge in [0.1, 0.15) is 5.76 Å². The van der Waals surface area contributed by atoms with Gasteiger partial charge in [0.15, 0.2) is 5.76 Å². The molecule has 0 spiro atoms. The van der Waals surface area contributed by atoms with Crippen LogP contribution in [0.4, 0.5) is 0 Å². The number of halogens is 1. The predicted molar refractivity (Wildman–Crippen MR) is 66.6 cm³/mol. The van der Waals surface area contributed by atoms with Gasteiger partial charge in [-0.25, -0.2) is 0 Å². The van der Waals surface area contributed by atoms with Crippen molar-refractivity contribution in [1.29, 1.82) is 0 Å². The molecule has 1 aromatic rings. The van der Waals surface area contributed by atoms with E-state index in [4.69, 9.17) is 20.8 Å². The van der Waals surface area contributed by atoms with Crippen LogP contribution in [-0.4, -0.2) is 31.5 Å². The smallest absolute Gasteiger partial charge is 0.286 e. The summed E-state index contributed by atoms with van der Waals surface area (Å²) < 4.78 is 10.5. The van der Waals surface area contributed by atoms with Crippen LogP contribution in [0, 0.1) is 0 Å². The summed E-state index contributed by atoms with van der Waals surface area (Å²) in [5.74, 6) is 1.50. The van der Waals surface area contributed by atoms with Crippen molar-refractivity contribution in [3.05, 3.63) is 23.7 Å². The minimum absolute atomic E-state index is 0.179. The van der Waals surface area contributed by atoms with Gasteiger partial charge in [0.2, 0.25) is 0 Å². The summed E-state index contributed by atoms with van der Waals surface area (Å²) in [6.45, 7) is 3.71. The molecule has 0 saturated heterocycles. The molecule has 0 aliphatic carbocycles. The van der Waals surface area contributed by atoms with E-state index in [1.807, 2.05) is 13.0 Å². The summed E-state index contributed by atoms with van der Waals surface area (Å²) in [5, 5.41) is 2.77. The second-order valence-electron chi connectivity index (χ2n) is 3.53. The average molecular weight is 260 g/mol. The third-order valence-electron chi connectivity index (χ3n) is 2.21. The highest BCUT2D eigenvalue weighted by Crippen LogP contribution is 2.07. The lowest BCUT2D eigenvalue weighted by Crippen LogP contribution is -2.24. The molecule has 0 aliphatic rings. The van der Waals surface area contributed by atoms with Gasteiger partial charge < -0.3 is 14.5 Å². The first-order chi connectivity index (χ1) is 8.27. The van der Waals surface area contributed by atoms with Crippen molar-refractivity contribution in [2.75, 3.05) is 25.6 Å². The van der Waals surface area contributed by atoms with E-state index in [9.17, 15) is 4.79 Å². The predicted octanol–water partition coefficient (Wildman–Crippen LogP) is 2.22. The van der Waals surface area contributed by atoms with Crippen LogP contribution in [0.3, 0.4) is 0 Å². The van der Waals surface area contributed by atoms with Gasteiger partial charge in [0, 0.05) is 25.5 Å². The molecule has 0 radical (unpaired) electrons. The number of furan rings is 1. The van der Waals surface area contributed by atoms with Gasteiger partial charge in [-0.1, -0.05) is 6.92 Å². The zero-order chi connectivity index (χ0) is 12.5. The third kappa shape index (κ3) is 5.24. The Morgan fingerprint density at radius 1 is 1.47 bits per heavy atom. The van der Waals surface area contributed by atoms with Crippen LogP contribution >= 0.6 is 11.6 Å². The first-order valence-corrected chi connectivity index (χ1v) is 6.32. The summed E-state index contributed by atoms with van der Waals surface area (Å²) in [6, 6.07) is 3.51. The van der Waals surface area contributed by atoms with E-state index in [0.717, 1.165) is 18.6 Å². The molecule has 17 heavy (non-hydrogen) atoms. The van der Waals surface area contributed by atoms with Crippen LogP contribution in [-0.2, 0) is 11.2 Å². The largest absolute Gasteiger partial charge is 0.456 e. The fourth-order valence-corrected chi connectivity index (χ4v) is 1.42. The van der Waals surface area contributed by atoms with Crippen molar-refractivity contribution >= 4 is 17.5 Å². The van der Waals surface area contributed by atoms with Gasteiger partial charge in [0.25, 0.3) is 5.91 Å². The molecule has 0 atom stereocenters. The van der Waals surface area contributed by atoms with Gasteiger partial charge >= 0.3 is 0 Å². The first kappa shape index (κ1) is 14.1. The summed E-state index contributed by atoms with van der Waals surface area (Å²) in [5.41, 5.74) is 0. The van der Waals surface area contributed by atoms with Crippen molar-refractivity contribution in [2.45, 2.75) is 19.8 Å². The van der Waals surface area contributed by atoms with E-state index < -0.39 is 0 Å². The maximum atomic E-state index is 11.6. The number of ether oxygens (including phenoxy) is 1. The van der Waals surface area contributed by atoms with Crippen molar-refractivity contribution < 1.29 is 13.9 Å². The lowest BCUT2D eigenvalue weighted by molar-refractivity contribution is 0.0915. The number of hydrogen-bond donors (Lipinski definition) is 1. The van der Waals surface area contributed by atoms with Gasteiger partial charge in [-0.15, -0.1) is 11.6 Å². The van der Waals surface area contributed by atoms with E-state index >= 15 is 0 Å². The SMILES string of the molecule is CCc1ccc(C(=O)NCCCOCCCl)o1. The molecule has 5 heteroatoms. The van der Waals surface area contributed by atoms with E-state index in [-0.39, 0.29) is 5.91 Å². The summed E-state index contributed by atoms with van der Waals surface area (Å²) in [4.78, 5) is 11.6. The van der Waals surface area contributed by atoms with Crippen LogP contribution in [0.15, 0.2) is 16.5 Å². The Morgan fingerprint density at radius 3 is 2.94 bits per heavy atom. The molecular weight excluding hydrogens is 242 g/mol. The molecule has 0 fully saturated rings. The van der Waals surface area contributed by atoms with Crippen molar-refractivity contribution in [3.8, 4) is 0 Å². The number of rotatable bonds is 8. The second kappa shape index (κ2) is 8.14. The van der Waals surface area contributed by atoms with Gasteiger partial charge in [-0.2, -0.15) is 0 Å². The molecule has 0 aromatic carbocycles. The van der Waals surface area contributed by atoms with E-state index in [1.165, 1.54) is 0 Å². The topological polar surface area (TPSA) is 51.5 Å². The van der Waals surface area contributed by atoms with Crippen LogP contribution in [0.5, 0.6) is 0 Å². The fraction of sp³-hybridized carbons (Fsp3) is 0.583. The molecule has 1 N–H and O–H groups in total. The molecule has 1 aromatic heterocycles. The van der Waals surface area contributed by atoms with Crippen LogP contribution in [0.2, 0.25) is 0 Å². The molecule has 0 bridgehead atoms. The molecule has 0 saturated carbocycles. The molecular formula is C12H18ClNO3. The van der Waals surface area contributed by atoms with Crippen LogP contribution in [0.1, 0.15) is 29.7 Å². The Labute approximate surface area is 106 Å². The lowest BCUT2D eigenvalue weighted by Gasteiger charge is -2.03. The Morgan fingerprint density at radius 2 is 2.29 bits per heavy atom. The Kier molecular flexibility index (Phi) is 6.74. The van der Waals surface area contributed by atoms with Gasteiger partial charge in [-0.05, 0) is 18.6 Å². The highest BCUT2D eigenvalue weighted by atomic mass is 35.5. The van der Waals surface area contributed by atoms with E-state index in [1.54, 1.807) is 6.07 Å². The number of nitrogens with one attached hydrogen (secondary N) is 1. The molecule has 96 valence electrons. The highest BCUT2D eigenvalue weighted by molar-refractivity contribution is 6.17. The van der Waals surface area contributed by atoms with Crippen molar-refractivity contribution in [2.24, 2.45) is 0 Å². The Hall–Kier alpha value is -1.00. The maximum Gasteiger partial charge on any atom is 0.286 e. The van der Waals surface area contributed by atoms with Crippen LogP contribution < -0.4 is 5.32 Å². The fourth-order valence-electron chi connectivity index (χ4n) is 1.31. The monoisotopic (exact) mass is 259 g/mol. The van der Waals surface area contributed by atoms with Crippen molar-refractivity contribution in [3.63, 3.8) is 0 Å². The maximum absolute atomic E-state index is 11.6. The lowest BCUT2D eigenvalue weighted by atomic mass is 10.3. The average Bonchev–Trinajstić information content (AvgIpc) is 2.82. The number of carbonyl (C=O) groups excluding carboxylic acids is 1. The zero-order valence-corrected chi connectivity index (χ0v) is 10.8. The Bertz CT molecular complexity index is 338. The van der Waals surface area contributed by atoms with E-state index in [2.05, 4.69) is 5.32 Å². The minimum atomic E-state index is -0.179. The first-order valence-electron chi connectivity index (χ1n) is 5.78. The highest BCUT2D eigenvalue weighted by Gasteiger charge is 2.09. The standard InChI is InChI=1S/C12H18ClNO3/c1-2-10-4-5-11(17-10)12(15)14-7-3-8-16-9-6-13/h4-5H,2-3,6-9H2,1H3,(H,14,15).